The Kier molecular flexibility index (Phi) is 4.72. The molecular formula is C22H20F2N4O3. The van der Waals surface area contributed by atoms with Crippen LogP contribution in [0.5, 0.6) is 17.2 Å². The molecule has 0 amide bonds. The molecule has 160 valence electrons. The fourth-order valence-corrected chi connectivity index (χ4v) is 3.71. The van der Waals surface area contributed by atoms with E-state index in [1.807, 2.05) is 18.7 Å². The van der Waals surface area contributed by atoms with E-state index < -0.39 is 11.6 Å². The minimum atomic E-state index is -0.650. The van der Waals surface area contributed by atoms with Gasteiger partial charge in [0.15, 0.2) is 28.9 Å². The maximum atomic E-state index is 14.8. The van der Waals surface area contributed by atoms with Gasteiger partial charge in [-0.1, -0.05) is 0 Å². The van der Waals surface area contributed by atoms with E-state index in [9.17, 15) is 8.78 Å². The number of anilines is 3. The third kappa shape index (κ3) is 3.56. The van der Waals surface area contributed by atoms with Gasteiger partial charge < -0.3 is 24.4 Å². The summed E-state index contributed by atoms with van der Waals surface area (Å²) in [6.45, 7) is 5.21. The zero-order valence-electron chi connectivity index (χ0n) is 17.0. The first-order valence-electron chi connectivity index (χ1n) is 9.92. The second kappa shape index (κ2) is 7.57. The summed E-state index contributed by atoms with van der Waals surface area (Å²) in [6.07, 6.45) is 1.06. The highest BCUT2D eigenvalue weighted by atomic mass is 19.1. The van der Waals surface area contributed by atoms with Crippen molar-refractivity contribution in [2.75, 3.05) is 30.2 Å². The van der Waals surface area contributed by atoms with Crippen molar-refractivity contribution in [1.82, 2.24) is 9.97 Å². The quantitative estimate of drug-likeness (QED) is 0.659. The van der Waals surface area contributed by atoms with E-state index >= 15 is 0 Å². The molecule has 0 saturated heterocycles. The minimum Gasteiger partial charge on any atom is -0.486 e. The Balaban J connectivity index is 1.51. The summed E-state index contributed by atoms with van der Waals surface area (Å²) in [6, 6.07) is 8.34. The summed E-state index contributed by atoms with van der Waals surface area (Å²) < 4.78 is 45.6. The topological polar surface area (TPSA) is 68.7 Å². The molecule has 5 rings (SSSR count). The van der Waals surface area contributed by atoms with Gasteiger partial charge in [0.2, 0.25) is 12.7 Å². The lowest BCUT2D eigenvalue weighted by atomic mass is 10.1. The molecule has 3 aromatic rings. The molecule has 0 aliphatic carbocycles. The Morgan fingerprint density at radius 3 is 2.71 bits per heavy atom. The smallest absolute Gasteiger partial charge is 0.231 e. The summed E-state index contributed by atoms with van der Waals surface area (Å²) in [5.41, 5.74) is 1.53. The summed E-state index contributed by atoms with van der Waals surface area (Å²) in [5, 5.41) is 3.02. The van der Waals surface area contributed by atoms with Crippen molar-refractivity contribution in [3.05, 3.63) is 48.2 Å². The lowest BCUT2D eigenvalue weighted by Gasteiger charge is -2.34. The van der Waals surface area contributed by atoms with E-state index in [0.717, 1.165) is 6.20 Å². The Bertz CT molecular complexity index is 1160. The first-order valence-corrected chi connectivity index (χ1v) is 9.92. The van der Waals surface area contributed by atoms with Crippen LogP contribution in [0, 0.1) is 11.6 Å². The Morgan fingerprint density at radius 2 is 1.87 bits per heavy atom. The van der Waals surface area contributed by atoms with Crippen LogP contribution in [-0.4, -0.2) is 36.0 Å². The average Bonchev–Trinajstić information content (AvgIpc) is 3.22. The SMILES string of the molecule is CC(C)N1CCOc2c(F)cc(-c3nc(Nc4ccc5c(c4)OCO5)ncc3F)cc21. The molecule has 9 heteroatoms. The Morgan fingerprint density at radius 1 is 1.03 bits per heavy atom. The number of fused-ring (bicyclic) bond motifs is 2. The Labute approximate surface area is 177 Å². The molecule has 1 N–H and O–H groups in total. The standard InChI is InChI=1S/C22H20F2N4O3/c1-12(2)28-5-6-29-21-15(23)7-13(8-17(21)28)20-16(24)10-25-22(27-20)26-14-3-4-18-19(9-14)31-11-30-18/h3-4,7-10,12H,5-6,11H2,1-2H3,(H,25,26,27). The van der Waals surface area contributed by atoms with Crippen LogP contribution >= 0.6 is 0 Å². The molecule has 0 radical (unpaired) electrons. The molecule has 0 unspecified atom stereocenters. The van der Waals surface area contributed by atoms with E-state index in [0.29, 0.717) is 41.6 Å². The van der Waals surface area contributed by atoms with Crippen LogP contribution in [0.25, 0.3) is 11.3 Å². The van der Waals surface area contributed by atoms with Crippen molar-refractivity contribution in [2.24, 2.45) is 0 Å². The summed E-state index contributed by atoms with van der Waals surface area (Å²) >= 11 is 0. The van der Waals surface area contributed by atoms with Gasteiger partial charge in [-0.25, -0.2) is 18.7 Å². The lowest BCUT2D eigenvalue weighted by molar-refractivity contribution is 0.174. The number of aromatic nitrogens is 2. The fourth-order valence-electron chi connectivity index (χ4n) is 3.71. The zero-order chi connectivity index (χ0) is 21.5. The van der Waals surface area contributed by atoms with E-state index in [1.54, 1.807) is 24.3 Å². The molecule has 0 spiro atoms. The molecular weight excluding hydrogens is 406 g/mol. The van der Waals surface area contributed by atoms with Crippen LogP contribution in [0.4, 0.5) is 26.1 Å². The first-order chi connectivity index (χ1) is 15.0. The van der Waals surface area contributed by atoms with Gasteiger partial charge in [0.05, 0.1) is 18.4 Å². The number of rotatable bonds is 4. The average molecular weight is 426 g/mol. The number of ether oxygens (including phenoxy) is 3. The summed E-state index contributed by atoms with van der Waals surface area (Å²) in [5.74, 6) is 0.386. The third-order valence-corrected chi connectivity index (χ3v) is 5.18. The third-order valence-electron chi connectivity index (χ3n) is 5.18. The predicted molar refractivity (Wildman–Crippen MR) is 111 cm³/mol. The van der Waals surface area contributed by atoms with Gasteiger partial charge in [0, 0.05) is 23.4 Å². The minimum absolute atomic E-state index is 0.00535. The Hall–Kier alpha value is -3.62. The molecule has 1 aromatic heterocycles. The number of nitrogens with one attached hydrogen (secondary N) is 1. The van der Waals surface area contributed by atoms with Crippen LogP contribution in [0.15, 0.2) is 36.5 Å². The van der Waals surface area contributed by atoms with Crippen molar-refractivity contribution in [3.8, 4) is 28.5 Å². The molecule has 2 aliphatic heterocycles. The maximum Gasteiger partial charge on any atom is 0.231 e. The van der Waals surface area contributed by atoms with Crippen molar-refractivity contribution in [3.63, 3.8) is 0 Å². The van der Waals surface area contributed by atoms with Crippen LogP contribution in [0.2, 0.25) is 0 Å². The van der Waals surface area contributed by atoms with Crippen LogP contribution in [-0.2, 0) is 0 Å². The van der Waals surface area contributed by atoms with Gasteiger partial charge in [-0.15, -0.1) is 0 Å². The summed E-state index contributed by atoms with van der Waals surface area (Å²) in [7, 11) is 0. The second-order valence-electron chi connectivity index (χ2n) is 7.53. The number of nitrogens with zero attached hydrogens (tertiary/aromatic N) is 3. The molecule has 31 heavy (non-hydrogen) atoms. The summed E-state index contributed by atoms with van der Waals surface area (Å²) in [4.78, 5) is 10.3. The molecule has 3 heterocycles. The van der Waals surface area contributed by atoms with Gasteiger partial charge in [-0.05, 0) is 38.1 Å². The van der Waals surface area contributed by atoms with Crippen LogP contribution < -0.4 is 24.4 Å². The van der Waals surface area contributed by atoms with E-state index in [2.05, 4.69) is 15.3 Å². The molecule has 0 fully saturated rings. The van der Waals surface area contributed by atoms with Crippen molar-refractivity contribution in [1.29, 1.82) is 0 Å². The van der Waals surface area contributed by atoms with E-state index in [1.165, 1.54) is 6.07 Å². The monoisotopic (exact) mass is 426 g/mol. The van der Waals surface area contributed by atoms with Crippen LogP contribution in [0.1, 0.15) is 13.8 Å². The lowest BCUT2D eigenvalue weighted by Crippen LogP contribution is -2.38. The molecule has 0 atom stereocenters. The number of halogens is 2. The van der Waals surface area contributed by atoms with Crippen LogP contribution in [0.3, 0.4) is 0 Å². The van der Waals surface area contributed by atoms with E-state index in [4.69, 9.17) is 14.2 Å². The van der Waals surface area contributed by atoms with E-state index in [-0.39, 0.29) is 30.2 Å². The number of hydrogen-bond acceptors (Lipinski definition) is 7. The molecule has 0 bridgehead atoms. The maximum absolute atomic E-state index is 14.8. The molecule has 0 saturated carbocycles. The highest BCUT2D eigenvalue weighted by molar-refractivity contribution is 5.73. The van der Waals surface area contributed by atoms with Crippen molar-refractivity contribution < 1.29 is 23.0 Å². The van der Waals surface area contributed by atoms with Gasteiger partial charge in [0.25, 0.3) is 0 Å². The zero-order valence-corrected chi connectivity index (χ0v) is 17.0. The van der Waals surface area contributed by atoms with Gasteiger partial charge >= 0.3 is 0 Å². The van der Waals surface area contributed by atoms with Crippen molar-refractivity contribution >= 4 is 17.3 Å². The molecule has 2 aromatic carbocycles. The highest BCUT2D eigenvalue weighted by Gasteiger charge is 2.25. The van der Waals surface area contributed by atoms with Gasteiger partial charge in [0.1, 0.15) is 12.3 Å². The first kappa shape index (κ1) is 19.3. The van der Waals surface area contributed by atoms with Gasteiger partial charge in [-0.2, -0.15) is 0 Å². The number of hydrogen-bond donors (Lipinski definition) is 1. The highest BCUT2D eigenvalue weighted by Crippen LogP contribution is 2.39. The molecule has 2 aliphatic rings. The number of benzene rings is 2. The largest absolute Gasteiger partial charge is 0.486 e. The molecule has 7 nitrogen and oxygen atoms in total. The van der Waals surface area contributed by atoms with Crippen molar-refractivity contribution in [2.45, 2.75) is 19.9 Å². The van der Waals surface area contributed by atoms with Gasteiger partial charge in [-0.3, -0.25) is 0 Å². The fraction of sp³-hybridized carbons (Fsp3) is 0.273. The second-order valence-corrected chi connectivity index (χ2v) is 7.53. The predicted octanol–water partition coefficient (Wildman–Crippen LogP) is 4.50. The normalized spacial score (nSPS) is 14.4.